The zero-order valence-corrected chi connectivity index (χ0v) is 12.1. The average Bonchev–Trinajstić information content (AvgIpc) is 2.30. The minimum Gasteiger partial charge on any atom is -0.342 e. The summed E-state index contributed by atoms with van der Waals surface area (Å²) < 4.78 is 36.1. The molecule has 0 aliphatic heterocycles. The lowest BCUT2D eigenvalue weighted by Crippen LogP contribution is -2.42. The van der Waals surface area contributed by atoms with Gasteiger partial charge in [0, 0.05) is 0 Å². The van der Waals surface area contributed by atoms with Crippen molar-refractivity contribution in [2.75, 3.05) is 0 Å². The molecule has 1 atom stereocenters. The first-order valence-corrected chi connectivity index (χ1v) is 6.06. The Labute approximate surface area is 113 Å². The Balaban J connectivity index is 0. The van der Waals surface area contributed by atoms with Gasteiger partial charge in [-0.3, -0.25) is 4.79 Å². The van der Waals surface area contributed by atoms with Crippen molar-refractivity contribution in [2.24, 2.45) is 0 Å². The van der Waals surface area contributed by atoms with Crippen molar-refractivity contribution < 1.29 is 18.0 Å². The highest BCUT2D eigenvalue weighted by Gasteiger charge is 2.39. The molecule has 1 amide bonds. The van der Waals surface area contributed by atoms with Crippen LogP contribution in [0.3, 0.4) is 0 Å². The monoisotopic (exact) mass is 277 g/mol. The number of amides is 1. The standard InChI is InChI=1S/C12H16F3NO.C2H6/c1-5-10(7-6-8(2)3)9(4)16-11(17)12(13,14)15;1-2/h5-7,9H,2H2,1,3-4H3,(H,16,17);1-2H3/b7-6-,10-5+;/t9-;/m0./s1. The van der Waals surface area contributed by atoms with Gasteiger partial charge < -0.3 is 5.32 Å². The highest BCUT2D eigenvalue weighted by atomic mass is 19.4. The molecule has 0 heterocycles. The first kappa shape index (κ1) is 19.8. The molecule has 0 radical (unpaired) electrons. The van der Waals surface area contributed by atoms with Gasteiger partial charge >= 0.3 is 12.1 Å². The van der Waals surface area contributed by atoms with E-state index < -0.39 is 18.1 Å². The zero-order chi connectivity index (χ0) is 15.6. The second-order valence-electron chi connectivity index (χ2n) is 3.66. The molecule has 0 aliphatic carbocycles. The first-order valence-electron chi connectivity index (χ1n) is 6.06. The molecule has 0 aromatic carbocycles. The average molecular weight is 277 g/mol. The molecule has 1 N–H and O–H groups in total. The van der Waals surface area contributed by atoms with Gasteiger partial charge in [-0.1, -0.05) is 44.2 Å². The number of hydrogen-bond acceptors (Lipinski definition) is 1. The molecule has 2 nitrogen and oxygen atoms in total. The summed E-state index contributed by atoms with van der Waals surface area (Å²) in [6.45, 7) is 12.6. The SMILES string of the molecule is C=C(C)/C=C\C(=C/C)[C@H](C)NC(=O)C(F)(F)F.CC. The lowest BCUT2D eigenvalue weighted by atomic mass is 10.1. The summed E-state index contributed by atoms with van der Waals surface area (Å²) >= 11 is 0. The molecule has 0 bridgehead atoms. The van der Waals surface area contributed by atoms with E-state index in [9.17, 15) is 18.0 Å². The minimum atomic E-state index is -4.86. The molecule has 0 saturated heterocycles. The maximum absolute atomic E-state index is 12.0. The van der Waals surface area contributed by atoms with E-state index in [0.29, 0.717) is 5.57 Å². The number of allylic oxidation sites excluding steroid dienone is 3. The molecule has 5 heteroatoms. The van der Waals surface area contributed by atoms with Crippen LogP contribution in [0.25, 0.3) is 0 Å². The van der Waals surface area contributed by atoms with Crippen molar-refractivity contribution >= 4 is 5.91 Å². The van der Waals surface area contributed by atoms with Crippen LogP contribution in [0.4, 0.5) is 13.2 Å². The van der Waals surface area contributed by atoms with Gasteiger partial charge in [-0.2, -0.15) is 13.2 Å². The molecular weight excluding hydrogens is 255 g/mol. The second-order valence-corrected chi connectivity index (χ2v) is 3.66. The Kier molecular flexibility index (Phi) is 9.82. The van der Waals surface area contributed by atoms with E-state index in [1.54, 1.807) is 32.1 Å². The van der Waals surface area contributed by atoms with Gasteiger partial charge in [0.15, 0.2) is 0 Å². The first-order chi connectivity index (χ1) is 8.68. The largest absolute Gasteiger partial charge is 0.471 e. The molecule has 0 fully saturated rings. The van der Waals surface area contributed by atoms with Gasteiger partial charge in [-0.05, 0) is 26.3 Å². The van der Waals surface area contributed by atoms with E-state index in [0.717, 1.165) is 5.57 Å². The van der Waals surface area contributed by atoms with Crippen LogP contribution in [0.15, 0.2) is 36.0 Å². The lowest BCUT2D eigenvalue weighted by Gasteiger charge is -2.16. The molecule has 0 saturated carbocycles. The molecule has 0 aromatic heterocycles. The lowest BCUT2D eigenvalue weighted by molar-refractivity contribution is -0.174. The number of halogens is 3. The van der Waals surface area contributed by atoms with E-state index >= 15 is 0 Å². The predicted molar refractivity (Wildman–Crippen MR) is 72.7 cm³/mol. The van der Waals surface area contributed by atoms with E-state index in [1.807, 2.05) is 19.2 Å². The topological polar surface area (TPSA) is 29.1 Å². The molecule has 0 spiro atoms. The fraction of sp³-hybridized carbons (Fsp3) is 0.500. The van der Waals surface area contributed by atoms with Crippen molar-refractivity contribution in [3.8, 4) is 0 Å². The highest BCUT2D eigenvalue weighted by Crippen LogP contribution is 2.16. The summed E-state index contributed by atoms with van der Waals surface area (Å²) in [5.74, 6) is -1.94. The van der Waals surface area contributed by atoms with E-state index in [2.05, 4.69) is 6.58 Å². The van der Waals surface area contributed by atoms with Crippen LogP contribution in [-0.4, -0.2) is 18.1 Å². The van der Waals surface area contributed by atoms with Crippen LogP contribution >= 0.6 is 0 Å². The fourth-order valence-electron chi connectivity index (χ4n) is 1.09. The summed E-state index contributed by atoms with van der Waals surface area (Å²) in [7, 11) is 0. The van der Waals surface area contributed by atoms with E-state index in [-0.39, 0.29) is 0 Å². The Morgan fingerprint density at radius 3 is 2.05 bits per heavy atom. The quantitative estimate of drug-likeness (QED) is 0.768. The fourth-order valence-corrected chi connectivity index (χ4v) is 1.09. The third-order valence-electron chi connectivity index (χ3n) is 2.00. The predicted octanol–water partition coefficient (Wildman–Crippen LogP) is 4.16. The number of carbonyl (C=O) groups excluding carboxylic acids is 1. The van der Waals surface area contributed by atoms with Gasteiger partial charge in [-0.25, -0.2) is 0 Å². The van der Waals surface area contributed by atoms with Gasteiger partial charge in [0.05, 0.1) is 6.04 Å². The van der Waals surface area contributed by atoms with E-state index in [4.69, 9.17) is 0 Å². The van der Waals surface area contributed by atoms with Crippen LogP contribution in [0.5, 0.6) is 0 Å². The van der Waals surface area contributed by atoms with Crippen LogP contribution in [-0.2, 0) is 4.79 Å². The summed E-state index contributed by atoms with van der Waals surface area (Å²) in [5.41, 5.74) is 1.37. The Morgan fingerprint density at radius 2 is 1.74 bits per heavy atom. The van der Waals surface area contributed by atoms with Crippen molar-refractivity contribution in [2.45, 2.75) is 46.8 Å². The Bertz CT molecular complexity index is 354. The highest BCUT2D eigenvalue weighted by molar-refractivity contribution is 5.82. The third kappa shape index (κ3) is 9.11. The van der Waals surface area contributed by atoms with Crippen LogP contribution in [0.1, 0.15) is 34.6 Å². The number of rotatable bonds is 4. The van der Waals surface area contributed by atoms with Crippen LogP contribution < -0.4 is 5.32 Å². The molecule has 0 rings (SSSR count). The number of nitrogens with one attached hydrogen (secondary N) is 1. The van der Waals surface area contributed by atoms with Crippen molar-refractivity contribution in [3.63, 3.8) is 0 Å². The van der Waals surface area contributed by atoms with Crippen molar-refractivity contribution in [1.29, 1.82) is 0 Å². The van der Waals surface area contributed by atoms with Gasteiger partial charge in [0.25, 0.3) is 0 Å². The molecule has 19 heavy (non-hydrogen) atoms. The summed E-state index contributed by atoms with van der Waals surface area (Å²) in [6.07, 6.45) is 0.0845. The smallest absolute Gasteiger partial charge is 0.342 e. The maximum atomic E-state index is 12.0. The molecule has 0 unspecified atom stereocenters. The van der Waals surface area contributed by atoms with Crippen molar-refractivity contribution in [1.82, 2.24) is 5.32 Å². The number of hydrogen-bond donors (Lipinski definition) is 1. The summed E-state index contributed by atoms with van der Waals surface area (Å²) in [5, 5.41) is 1.88. The van der Waals surface area contributed by atoms with Crippen LogP contribution in [0, 0.1) is 0 Å². The zero-order valence-electron chi connectivity index (χ0n) is 12.1. The number of carbonyl (C=O) groups is 1. The third-order valence-corrected chi connectivity index (χ3v) is 2.00. The summed E-state index contributed by atoms with van der Waals surface area (Å²) in [6, 6.07) is -0.704. The van der Waals surface area contributed by atoms with Crippen LogP contribution in [0.2, 0.25) is 0 Å². The molecule has 0 aromatic rings. The van der Waals surface area contributed by atoms with Crippen molar-refractivity contribution in [3.05, 3.63) is 36.0 Å². The maximum Gasteiger partial charge on any atom is 0.471 e. The molecular formula is C14H22F3NO. The van der Waals surface area contributed by atoms with Gasteiger partial charge in [0.1, 0.15) is 0 Å². The van der Waals surface area contributed by atoms with Gasteiger partial charge in [0.2, 0.25) is 0 Å². The minimum absolute atomic E-state index is 0.589. The number of alkyl halides is 3. The Morgan fingerprint density at radius 1 is 1.26 bits per heavy atom. The normalized spacial score (nSPS) is 13.6. The van der Waals surface area contributed by atoms with E-state index in [1.165, 1.54) is 6.92 Å². The van der Waals surface area contributed by atoms with Gasteiger partial charge in [-0.15, -0.1) is 0 Å². The molecule has 0 aliphatic rings. The molecule has 110 valence electrons. The summed E-state index contributed by atoms with van der Waals surface area (Å²) in [4.78, 5) is 10.7. The second kappa shape index (κ2) is 9.42. The Hall–Kier alpha value is -1.52.